The van der Waals surface area contributed by atoms with Crippen molar-refractivity contribution < 1.29 is 4.79 Å². The zero-order valence-corrected chi connectivity index (χ0v) is 12.4. The highest BCUT2D eigenvalue weighted by Gasteiger charge is 2.19. The van der Waals surface area contributed by atoms with E-state index in [0.29, 0.717) is 12.6 Å². The number of likely N-dealkylation sites (N-methyl/N-ethyl adjacent to an activating group) is 1. The average molecular weight is 275 g/mol. The maximum absolute atomic E-state index is 12.0. The van der Waals surface area contributed by atoms with Crippen LogP contribution >= 0.6 is 0 Å². The van der Waals surface area contributed by atoms with E-state index < -0.39 is 0 Å². The van der Waals surface area contributed by atoms with E-state index in [2.05, 4.69) is 17.1 Å². The lowest BCUT2D eigenvalue weighted by molar-refractivity contribution is -0.123. The van der Waals surface area contributed by atoms with Crippen LogP contribution in [0.2, 0.25) is 0 Å². The van der Waals surface area contributed by atoms with Crippen molar-refractivity contribution in [1.82, 2.24) is 10.2 Å². The fourth-order valence-electron chi connectivity index (χ4n) is 2.78. The third-order valence-corrected chi connectivity index (χ3v) is 4.17. The Morgan fingerprint density at radius 3 is 2.80 bits per heavy atom. The smallest absolute Gasteiger partial charge is 0.234 e. The van der Waals surface area contributed by atoms with Gasteiger partial charge in [-0.15, -0.1) is 0 Å². The number of carbonyl (C=O) groups is 1. The molecule has 0 radical (unpaired) electrons. The Balaban J connectivity index is 1.86. The molecule has 2 rings (SSSR count). The standard InChI is InChI=1S/C16H25N3O/c1-12(13-6-5-7-14(17)10-13)19(2)11-16(20)18-15-8-3-4-9-15/h5-7,10,12,15H,3-4,8-9,11,17H2,1-2H3,(H,18,20). The molecule has 110 valence electrons. The van der Waals surface area contributed by atoms with E-state index in [1.54, 1.807) is 0 Å². The Hall–Kier alpha value is -1.55. The number of benzene rings is 1. The molecule has 20 heavy (non-hydrogen) atoms. The second kappa shape index (κ2) is 6.75. The Morgan fingerprint density at radius 2 is 2.15 bits per heavy atom. The van der Waals surface area contributed by atoms with Gasteiger partial charge in [0.1, 0.15) is 0 Å². The van der Waals surface area contributed by atoms with Crippen LogP contribution in [0, 0.1) is 0 Å². The van der Waals surface area contributed by atoms with Crippen molar-refractivity contribution in [3.63, 3.8) is 0 Å². The van der Waals surface area contributed by atoms with Crippen LogP contribution in [0.25, 0.3) is 0 Å². The van der Waals surface area contributed by atoms with E-state index in [-0.39, 0.29) is 11.9 Å². The van der Waals surface area contributed by atoms with Gasteiger partial charge in [0.05, 0.1) is 6.54 Å². The average Bonchev–Trinajstić information content (AvgIpc) is 2.90. The van der Waals surface area contributed by atoms with Crippen LogP contribution in [-0.4, -0.2) is 30.4 Å². The van der Waals surface area contributed by atoms with Gasteiger partial charge in [0, 0.05) is 17.8 Å². The highest BCUT2D eigenvalue weighted by Crippen LogP contribution is 2.21. The van der Waals surface area contributed by atoms with Gasteiger partial charge in [-0.3, -0.25) is 9.69 Å². The van der Waals surface area contributed by atoms with Gasteiger partial charge in [-0.1, -0.05) is 25.0 Å². The Labute approximate surface area is 121 Å². The number of nitrogens with two attached hydrogens (primary N) is 1. The predicted molar refractivity (Wildman–Crippen MR) is 82.3 cm³/mol. The highest BCUT2D eigenvalue weighted by molar-refractivity contribution is 5.78. The molecule has 0 saturated heterocycles. The Bertz CT molecular complexity index is 455. The number of hydrogen-bond acceptors (Lipinski definition) is 3. The van der Waals surface area contributed by atoms with Crippen molar-refractivity contribution >= 4 is 11.6 Å². The van der Waals surface area contributed by atoms with Crippen molar-refractivity contribution in [2.75, 3.05) is 19.3 Å². The molecule has 1 saturated carbocycles. The van der Waals surface area contributed by atoms with E-state index in [9.17, 15) is 4.79 Å². The number of anilines is 1. The summed E-state index contributed by atoms with van der Waals surface area (Å²) in [5, 5.41) is 3.12. The minimum Gasteiger partial charge on any atom is -0.399 e. The topological polar surface area (TPSA) is 58.4 Å². The molecule has 1 atom stereocenters. The molecule has 1 aromatic carbocycles. The zero-order chi connectivity index (χ0) is 14.5. The monoisotopic (exact) mass is 275 g/mol. The minimum absolute atomic E-state index is 0.121. The molecule has 4 nitrogen and oxygen atoms in total. The largest absolute Gasteiger partial charge is 0.399 e. The van der Waals surface area contributed by atoms with E-state index in [1.807, 2.05) is 31.3 Å². The van der Waals surface area contributed by atoms with Crippen molar-refractivity contribution in [1.29, 1.82) is 0 Å². The maximum atomic E-state index is 12.0. The van der Waals surface area contributed by atoms with E-state index in [4.69, 9.17) is 5.73 Å². The van der Waals surface area contributed by atoms with Crippen molar-refractivity contribution in [3.8, 4) is 0 Å². The van der Waals surface area contributed by atoms with Crippen LogP contribution in [0.5, 0.6) is 0 Å². The normalized spacial score (nSPS) is 17.4. The minimum atomic E-state index is 0.121. The van der Waals surface area contributed by atoms with E-state index in [0.717, 1.165) is 24.1 Å². The Kier molecular flexibility index (Phi) is 5.01. The van der Waals surface area contributed by atoms with Gasteiger partial charge in [-0.2, -0.15) is 0 Å². The number of nitrogen functional groups attached to an aromatic ring is 1. The van der Waals surface area contributed by atoms with Crippen molar-refractivity contribution in [2.24, 2.45) is 0 Å². The molecule has 1 unspecified atom stereocenters. The van der Waals surface area contributed by atoms with E-state index in [1.165, 1.54) is 12.8 Å². The van der Waals surface area contributed by atoms with Gasteiger partial charge >= 0.3 is 0 Å². The molecule has 0 spiro atoms. The van der Waals surface area contributed by atoms with Crippen LogP contribution in [0.15, 0.2) is 24.3 Å². The first kappa shape index (κ1) is 14.9. The number of rotatable bonds is 5. The molecule has 0 aliphatic heterocycles. The zero-order valence-electron chi connectivity index (χ0n) is 12.4. The molecule has 1 amide bonds. The highest BCUT2D eigenvalue weighted by atomic mass is 16.2. The maximum Gasteiger partial charge on any atom is 0.234 e. The first-order valence-electron chi connectivity index (χ1n) is 7.41. The van der Waals surface area contributed by atoms with Gasteiger partial charge in [0.2, 0.25) is 5.91 Å². The third kappa shape index (κ3) is 3.97. The lowest BCUT2D eigenvalue weighted by Crippen LogP contribution is -2.40. The number of hydrogen-bond donors (Lipinski definition) is 2. The fourth-order valence-corrected chi connectivity index (χ4v) is 2.78. The summed E-state index contributed by atoms with van der Waals surface area (Å²) in [6.45, 7) is 2.52. The second-order valence-corrected chi connectivity index (χ2v) is 5.81. The van der Waals surface area contributed by atoms with Crippen LogP contribution in [0.3, 0.4) is 0 Å². The van der Waals surface area contributed by atoms with Gasteiger partial charge in [-0.05, 0) is 44.5 Å². The van der Waals surface area contributed by atoms with Crippen LogP contribution < -0.4 is 11.1 Å². The number of nitrogens with zero attached hydrogens (tertiary/aromatic N) is 1. The number of carbonyl (C=O) groups excluding carboxylic acids is 1. The Morgan fingerprint density at radius 1 is 1.45 bits per heavy atom. The molecule has 1 fully saturated rings. The summed E-state index contributed by atoms with van der Waals surface area (Å²) in [5.41, 5.74) is 7.71. The van der Waals surface area contributed by atoms with Crippen molar-refractivity contribution in [3.05, 3.63) is 29.8 Å². The summed E-state index contributed by atoms with van der Waals surface area (Å²) in [6.07, 6.45) is 4.72. The van der Waals surface area contributed by atoms with Crippen LogP contribution in [0.1, 0.15) is 44.2 Å². The first-order valence-corrected chi connectivity index (χ1v) is 7.41. The molecule has 0 aromatic heterocycles. The number of nitrogens with one attached hydrogen (secondary N) is 1. The molecule has 3 N–H and O–H groups in total. The summed E-state index contributed by atoms with van der Waals surface area (Å²) >= 11 is 0. The SMILES string of the molecule is CC(c1cccc(N)c1)N(C)CC(=O)NC1CCCC1. The molecule has 1 aromatic rings. The molecule has 0 bridgehead atoms. The predicted octanol–water partition coefficient (Wildman–Crippen LogP) is 2.32. The summed E-state index contributed by atoms with van der Waals surface area (Å²) in [5.74, 6) is 0.121. The summed E-state index contributed by atoms with van der Waals surface area (Å²) < 4.78 is 0. The first-order chi connectivity index (χ1) is 9.56. The quantitative estimate of drug-likeness (QED) is 0.811. The molecular weight excluding hydrogens is 250 g/mol. The lowest BCUT2D eigenvalue weighted by atomic mass is 10.1. The van der Waals surface area contributed by atoms with Crippen molar-refractivity contribution in [2.45, 2.75) is 44.7 Å². The molecule has 4 heteroatoms. The summed E-state index contributed by atoms with van der Waals surface area (Å²) in [7, 11) is 1.97. The number of amides is 1. The van der Waals surface area contributed by atoms with Crippen LogP contribution in [0.4, 0.5) is 5.69 Å². The third-order valence-electron chi connectivity index (χ3n) is 4.17. The van der Waals surface area contributed by atoms with Gasteiger partial charge in [0.25, 0.3) is 0 Å². The van der Waals surface area contributed by atoms with E-state index >= 15 is 0 Å². The molecule has 0 heterocycles. The van der Waals surface area contributed by atoms with Gasteiger partial charge in [-0.25, -0.2) is 0 Å². The summed E-state index contributed by atoms with van der Waals surface area (Å²) in [6, 6.07) is 8.41. The fraction of sp³-hybridized carbons (Fsp3) is 0.562. The molecule has 1 aliphatic carbocycles. The van der Waals surface area contributed by atoms with Gasteiger partial charge < -0.3 is 11.1 Å². The van der Waals surface area contributed by atoms with Crippen LogP contribution in [-0.2, 0) is 4.79 Å². The lowest BCUT2D eigenvalue weighted by Gasteiger charge is -2.25. The summed E-state index contributed by atoms with van der Waals surface area (Å²) in [4.78, 5) is 14.1. The molecule has 1 aliphatic rings. The van der Waals surface area contributed by atoms with Gasteiger partial charge in [0.15, 0.2) is 0 Å². The second-order valence-electron chi connectivity index (χ2n) is 5.81. The molecular formula is C16H25N3O.